The van der Waals surface area contributed by atoms with E-state index in [1.165, 1.54) is 0 Å². The second kappa shape index (κ2) is 4.61. The summed E-state index contributed by atoms with van der Waals surface area (Å²) in [5.41, 5.74) is 1.33. The molecule has 4 heteroatoms. The first-order valence-corrected chi connectivity index (χ1v) is 6.20. The molecule has 0 saturated carbocycles. The summed E-state index contributed by atoms with van der Waals surface area (Å²) in [6.07, 6.45) is 2.49. The molecule has 1 aromatic carbocycles. The van der Waals surface area contributed by atoms with Crippen LogP contribution in [0, 0.1) is 5.41 Å². The Kier molecular flexibility index (Phi) is 3.27. The topological polar surface area (TPSA) is 51.5 Å². The Morgan fingerprint density at radius 3 is 2.68 bits per heavy atom. The Morgan fingerprint density at radius 2 is 2.11 bits per heavy atom. The molecule has 0 aliphatic carbocycles. The molecule has 0 radical (unpaired) electrons. The fourth-order valence-corrected chi connectivity index (χ4v) is 2.27. The lowest BCUT2D eigenvalue weighted by molar-refractivity contribution is -0.146. The highest BCUT2D eigenvalue weighted by molar-refractivity contribution is 5.86. The zero-order valence-electron chi connectivity index (χ0n) is 11.7. The number of fused-ring (bicyclic) bond motifs is 1. The van der Waals surface area contributed by atoms with Crippen molar-refractivity contribution >= 4 is 16.9 Å². The SMILES string of the molecule is COc1ccc2c(c1)c(CC(C)(C)C(=O)O)cn2C. The molecule has 0 spiro atoms. The minimum Gasteiger partial charge on any atom is -0.497 e. The van der Waals surface area contributed by atoms with E-state index in [0.717, 1.165) is 22.2 Å². The van der Waals surface area contributed by atoms with Gasteiger partial charge in [0.25, 0.3) is 0 Å². The molecule has 0 atom stereocenters. The van der Waals surface area contributed by atoms with Crippen LogP contribution in [0.15, 0.2) is 24.4 Å². The Hall–Kier alpha value is -1.97. The molecule has 0 bridgehead atoms. The van der Waals surface area contributed by atoms with Crippen LogP contribution in [0.25, 0.3) is 10.9 Å². The standard InChI is InChI=1S/C15H19NO3/c1-15(2,14(17)18)8-10-9-16(3)13-6-5-11(19-4)7-12(10)13/h5-7,9H,8H2,1-4H3,(H,17,18). The molecule has 0 saturated heterocycles. The van der Waals surface area contributed by atoms with Crippen LogP contribution in [0.2, 0.25) is 0 Å². The van der Waals surface area contributed by atoms with E-state index in [-0.39, 0.29) is 0 Å². The first-order valence-electron chi connectivity index (χ1n) is 6.20. The first-order chi connectivity index (χ1) is 8.85. The van der Waals surface area contributed by atoms with E-state index in [1.807, 2.05) is 36.0 Å². The normalized spacial score (nSPS) is 11.8. The average molecular weight is 261 g/mol. The lowest BCUT2D eigenvalue weighted by Crippen LogP contribution is -2.26. The number of rotatable bonds is 4. The lowest BCUT2D eigenvalue weighted by Gasteiger charge is -2.18. The minimum atomic E-state index is -0.785. The molecule has 0 fully saturated rings. The summed E-state index contributed by atoms with van der Waals surface area (Å²) in [5.74, 6) is 0.000445. The van der Waals surface area contributed by atoms with Gasteiger partial charge in [0.2, 0.25) is 0 Å². The minimum absolute atomic E-state index is 0.493. The van der Waals surface area contributed by atoms with Gasteiger partial charge in [0, 0.05) is 24.1 Å². The summed E-state index contributed by atoms with van der Waals surface area (Å²) < 4.78 is 7.25. The molecule has 2 aromatic rings. The van der Waals surface area contributed by atoms with Gasteiger partial charge in [-0.15, -0.1) is 0 Å². The van der Waals surface area contributed by atoms with Crippen LogP contribution in [-0.4, -0.2) is 22.8 Å². The smallest absolute Gasteiger partial charge is 0.309 e. The van der Waals surface area contributed by atoms with Crippen LogP contribution in [0.3, 0.4) is 0 Å². The van der Waals surface area contributed by atoms with Gasteiger partial charge in [-0.3, -0.25) is 4.79 Å². The van der Waals surface area contributed by atoms with Crippen LogP contribution in [0.5, 0.6) is 5.75 Å². The molecule has 1 N–H and O–H groups in total. The molecule has 1 heterocycles. The Bertz CT molecular complexity index is 626. The number of hydrogen-bond acceptors (Lipinski definition) is 2. The maximum atomic E-state index is 11.3. The van der Waals surface area contributed by atoms with Crippen molar-refractivity contribution < 1.29 is 14.6 Å². The molecule has 4 nitrogen and oxygen atoms in total. The molecular weight excluding hydrogens is 242 g/mol. The summed E-state index contributed by atoms with van der Waals surface area (Å²) in [6, 6.07) is 5.86. The zero-order valence-corrected chi connectivity index (χ0v) is 11.7. The number of benzene rings is 1. The number of nitrogens with zero attached hydrogens (tertiary/aromatic N) is 1. The van der Waals surface area contributed by atoms with Gasteiger partial charge in [0.15, 0.2) is 0 Å². The van der Waals surface area contributed by atoms with Gasteiger partial charge in [-0.1, -0.05) is 0 Å². The summed E-state index contributed by atoms with van der Waals surface area (Å²) >= 11 is 0. The third kappa shape index (κ3) is 2.43. The second-order valence-corrected chi connectivity index (χ2v) is 5.51. The van der Waals surface area contributed by atoms with E-state index in [2.05, 4.69) is 0 Å². The van der Waals surface area contributed by atoms with E-state index in [0.29, 0.717) is 6.42 Å². The summed E-state index contributed by atoms with van der Waals surface area (Å²) in [6.45, 7) is 3.49. The predicted molar refractivity (Wildman–Crippen MR) is 74.6 cm³/mol. The monoisotopic (exact) mass is 261 g/mol. The fraction of sp³-hybridized carbons (Fsp3) is 0.400. The van der Waals surface area contributed by atoms with Crippen molar-refractivity contribution in [3.8, 4) is 5.75 Å². The van der Waals surface area contributed by atoms with E-state index >= 15 is 0 Å². The van der Waals surface area contributed by atoms with Gasteiger partial charge in [-0.25, -0.2) is 0 Å². The van der Waals surface area contributed by atoms with Crippen molar-refractivity contribution in [2.75, 3.05) is 7.11 Å². The number of aliphatic carboxylic acids is 1. The molecule has 0 aliphatic rings. The van der Waals surface area contributed by atoms with Crippen molar-refractivity contribution in [2.45, 2.75) is 20.3 Å². The van der Waals surface area contributed by atoms with Crippen molar-refractivity contribution in [2.24, 2.45) is 12.5 Å². The molecule has 0 unspecified atom stereocenters. The van der Waals surface area contributed by atoms with E-state index in [9.17, 15) is 9.90 Å². The van der Waals surface area contributed by atoms with Crippen molar-refractivity contribution in [3.05, 3.63) is 30.0 Å². The number of carboxylic acid groups (broad SMARTS) is 1. The Morgan fingerprint density at radius 1 is 1.42 bits per heavy atom. The van der Waals surface area contributed by atoms with Gasteiger partial charge in [0.05, 0.1) is 12.5 Å². The highest BCUT2D eigenvalue weighted by atomic mass is 16.5. The Balaban J connectivity index is 2.51. The number of hydrogen-bond donors (Lipinski definition) is 1. The third-order valence-electron chi connectivity index (χ3n) is 3.49. The quantitative estimate of drug-likeness (QED) is 0.920. The fourth-order valence-electron chi connectivity index (χ4n) is 2.27. The van der Waals surface area contributed by atoms with Gasteiger partial charge < -0.3 is 14.4 Å². The van der Waals surface area contributed by atoms with Crippen molar-refractivity contribution in [1.29, 1.82) is 0 Å². The second-order valence-electron chi connectivity index (χ2n) is 5.51. The van der Waals surface area contributed by atoms with Crippen molar-refractivity contribution in [1.82, 2.24) is 4.57 Å². The molecular formula is C15H19NO3. The third-order valence-corrected chi connectivity index (χ3v) is 3.49. The molecule has 0 aliphatic heterocycles. The van der Waals surface area contributed by atoms with Crippen LogP contribution >= 0.6 is 0 Å². The number of methoxy groups -OCH3 is 1. The molecule has 2 rings (SSSR count). The molecule has 0 amide bonds. The van der Waals surface area contributed by atoms with E-state index < -0.39 is 11.4 Å². The number of aromatic nitrogens is 1. The van der Waals surface area contributed by atoms with Gasteiger partial charge >= 0.3 is 5.97 Å². The molecule has 1 aromatic heterocycles. The maximum Gasteiger partial charge on any atom is 0.309 e. The van der Waals surface area contributed by atoms with Crippen LogP contribution in [0.1, 0.15) is 19.4 Å². The summed E-state index contributed by atoms with van der Waals surface area (Å²) in [5, 5.41) is 10.3. The van der Waals surface area contributed by atoms with Gasteiger partial charge in [0.1, 0.15) is 5.75 Å². The predicted octanol–water partition coefficient (Wildman–Crippen LogP) is 2.84. The average Bonchev–Trinajstić information content (AvgIpc) is 2.65. The summed E-state index contributed by atoms with van der Waals surface area (Å²) in [7, 11) is 3.59. The maximum absolute atomic E-state index is 11.3. The molecule has 102 valence electrons. The zero-order chi connectivity index (χ0) is 14.2. The number of aryl methyl sites for hydroxylation is 1. The van der Waals surface area contributed by atoms with Crippen LogP contribution in [0.4, 0.5) is 0 Å². The van der Waals surface area contributed by atoms with Gasteiger partial charge in [-0.2, -0.15) is 0 Å². The summed E-state index contributed by atoms with van der Waals surface area (Å²) in [4.78, 5) is 11.3. The van der Waals surface area contributed by atoms with E-state index in [4.69, 9.17) is 4.74 Å². The molecule has 19 heavy (non-hydrogen) atoms. The highest BCUT2D eigenvalue weighted by Gasteiger charge is 2.28. The first kappa shape index (κ1) is 13.5. The number of carbonyl (C=O) groups is 1. The van der Waals surface area contributed by atoms with E-state index in [1.54, 1.807) is 21.0 Å². The van der Waals surface area contributed by atoms with Crippen LogP contribution < -0.4 is 4.74 Å². The lowest BCUT2D eigenvalue weighted by atomic mass is 9.86. The largest absolute Gasteiger partial charge is 0.497 e. The van der Waals surface area contributed by atoms with Crippen molar-refractivity contribution in [3.63, 3.8) is 0 Å². The number of carboxylic acids is 1. The van der Waals surface area contributed by atoms with Gasteiger partial charge in [-0.05, 0) is 44.0 Å². The number of ether oxygens (including phenoxy) is 1. The van der Waals surface area contributed by atoms with Crippen LogP contribution in [-0.2, 0) is 18.3 Å². The Labute approximate surface area is 112 Å². The highest BCUT2D eigenvalue weighted by Crippen LogP contribution is 2.30.